The molecule has 2 aromatic heterocycles. The molecule has 1 unspecified atom stereocenters. The van der Waals surface area contributed by atoms with Gasteiger partial charge in [-0.05, 0) is 18.4 Å². The number of aliphatic carboxylic acids is 1. The lowest BCUT2D eigenvalue weighted by atomic mass is 10.0. The highest BCUT2D eigenvalue weighted by atomic mass is 32.1. The zero-order valence-electron chi connectivity index (χ0n) is 12.7. The number of thiophene rings is 1. The van der Waals surface area contributed by atoms with Crippen LogP contribution >= 0.6 is 11.3 Å². The van der Waals surface area contributed by atoms with Crippen molar-refractivity contribution in [3.8, 4) is 0 Å². The molecule has 1 atom stereocenters. The maximum absolute atomic E-state index is 12.2. The number of carboxylic acid groups (broad SMARTS) is 1. The number of carboxylic acids is 1. The van der Waals surface area contributed by atoms with E-state index in [4.69, 9.17) is 4.74 Å². The topological polar surface area (TPSA) is 111 Å². The summed E-state index contributed by atoms with van der Waals surface area (Å²) in [6.45, 7) is 1.32. The lowest BCUT2D eigenvalue weighted by molar-refractivity contribution is -0.149. The first-order valence-electron chi connectivity index (χ1n) is 6.83. The van der Waals surface area contributed by atoms with E-state index in [2.05, 4.69) is 10.3 Å². The normalized spacial score (nSPS) is 13.7. The molecule has 2 heterocycles. The number of nitrogens with zero attached hydrogens (tertiary/aromatic N) is 2. The van der Waals surface area contributed by atoms with Gasteiger partial charge in [0.25, 0.3) is 5.56 Å². The van der Waals surface area contributed by atoms with Crippen molar-refractivity contribution in [1.82, 2.24) is 14.9 Å². The number of methoxy groups -OCH3 is 1. The van der Waals surface area contributed by atoms with Gasteiger partial charge in [0.1, 0.15) is 4.83 Å². The third kappa shape index (κ3) is 3.74. The third-order valence-electron chi connectivity index (χ3n) is 3.35. The van der Waals surface area contributed by atoms with Gasteiger partial charge in [-0.1, -0.05) is 0 Å². The fourth-order valence-electron chi connectivity index (χ4n) is 2.08. The minimum atomic E-state index is -1.51. The van der Waals surface area contributed by atoms with Crippen LogP contribution in [-0.4, -0.2) is 45.8 Å². The molecule has 9 heteroatoms. The zero-order valence-corrected chi connectivity index (χ0v) is 13.6. The number of carbonyl (C=O) groups excluding carboxylic acids is 1. The highest BCUT2D eigenvalue weighted by molar-refractivity contribution is 7.16. The monoisotopic (exact) mass is 339 g/mol. The average Bonchev–Trinajstić information content (AvgIpc) is 2.96. The van der Waals surface area contributed by atoms with Gasteiger partial charge in [-0.15, -0.1) is 11.3 Å². The molecule has 2 N–H and O–H groups in total. The second kappa shape index (κ2) is 6.88. The number of ether oxygens (including phenoxy) is 1. The second-order valence-electron chi connectivity index (χ2n) is 5.25. The summed E-state index contributed by atoms with van der Waals surface area (Å²) in [4.78, 5) is 40.2. The predicted octanol–water partition coefficient (Wildman–Crippen LogP) is 0.454. The highest BCUT2D eigenvalue weighted by Gasteiger charge is 2.34. The smallest absolute Gasteiger partial charge is 0.331 e. The van der Waals surface area contributed by atoms with E-state index in [0.717, 1.165) is 0 Å². The van der Waals surface area contributed by atoms with Crippen LogP contribution < -0.4 is 10.9 Å². The summed E-state index contributed by atoms with van der Waals surface area (Å²) < 4.78 is 6.17. The summed E-state index contributed by atoms with van der Waals surface area (Å²) in [6.07, 6.45) is 1.35. The first kappa shape index (κ1) is 17.1. The molecule has 0 saturated carbocycles. The Morgan fingerprint density at radius 3 is 2.91 bits per heavy atom. The average molecular weight is 339 g/mol. The Morgan fingerprint density at radius 1 is 1.52 bits per heavy atom. The van der Waals surface area contributed by atoms with E-state index < -0.39 is 17.4 Å². The number of nitrogens with one attached hydrogen (secondary N) is 1. The minimum absolute atomic E-state index is 0.0379. The Labute approximate surface area is 135 Å². The highest BCUT2D eigenvalue weighted by Crippen LogP contribution is 2.13. The van der Waals surface area contributed by atoms with Crippen molar-refractivity contribution in [2.24, 2.45) is 0 Å². The molecule has 0 aliphatic carbocycles. The van der Waals surface area contributed by atoms with Crippen LogP contribution in [0.15, 0.2) is 22.6 Å². The van der Waals surface area contributed by atoms with Crippen LogP contribution in [0.1, 0.15) is 13.3 Å². The molecular weight excluding hydrogens is 322 g/mol. The number of rotatable bonds is 7. The number of aryl methyl sites for hydroxylation is 1. The van der Waals surface area contributed by atoms with E-state index in [1.54, 1.807) is 11.4 Å². The fraction of sp³-hybridized carbons (Fsp3) is 0.429. The van der Waals surface area contributed by atoms with Crippen molar-refractivity contribution in [2.75, 3.05) is 13.7 Å². The van der Waals surface area contributed by atoms with Gasteiger partial charge in [0, 0.05) is 20.1 Å². The lowest BCUT2D eigenvalue weighted by Crippen LogP contribution is -2.55. The van der Waals surface area contributed by atoms with Crippen molar-refractivity contribution >= 4 is 33.4 Å². The number of carbonyl (C=O) groups is 2. The molecule has 2 rings (SSSR count). The molecule has 8 nitrogen and oxygen atoms in total. The van der Waals surface area contributed by atoms with E-state index in [1.807, 2.05) is 0 Å². The Balaban J connectivity index is 2.04. The molecule has 23 heavy (non-hydrogen) atoms. The number of aromatic nitrogens is 2. The SMILES string of the molecule is COCC(C)(NC(=O)CCn1cnc2sccc2c1=O)C(=O)O. The van der Waals surface area contributed by atoms with Crippen LogP contribution in [0.5, 0.6) is 0 Å². The molecule has 0 fully saturated rings. The molecule has 2 aromatic rings. The van der Waals surface area contributed by atoms with Gasteiger partial charge in [0.15, 0.2) is 5.54 Å². The number of hydrogen-bond donors (Lipinski definition) is 2. The van der Waals surface area contributed by atoms with Crippen molar-refractivity contribution in [1.29, 1.82) is 0 Å². The van der Waals surface area contributed by atoms with Crippen LogP contribution in [0.25, 0.3) is 10.2 Å². The van der Waals surface area contributed by atoms with Crippen LogP contribution in [0.3, 0.4) is 0 Å². The van der Waals surface area contributed by atoms with Crippen LogP contribution in [0.4, 0.5) is 0 Å². The quantitative estimate of drug-likeness (QED) is 0.758. The van der Waals surface area contributed by atoms with Gasteiger partial charge >= 0.3 is 5.97 Å². The molecule has 0 spiro atoms. The third-order valence-corrected chi connectivity index (χ3v) is 4.17. The largest absolute Gasteiger partial charge is 0.479 e. The van der Waals surface area contributed by atoms with Crippen LogP contribution in [0.2, 0.25) is 0 Å². The molecule has 0 aromatic carbocycles. The Bertz CT molecular complexity index is 784. The summed E-state index contributed by atoms with van der Waals surface area (Å²) in [6, 6.07) is 1.69. The molecule has 0 radical (unpaired) electrons. The lowest BCUT2D eigenvalue weighted by Gasteiger charge is -2.25. The summed E-state index contributed by atoms with van der Waals surface area (Å²) in [5.41, 5.74) is -1.73. The summed E-state index contributed by atoms with van der Waals surface area (Å²) in [5, 5.41) is 13.9. The van der Waals surface area contributed by atoms with Crippen molar-refractivity contribution < 1.29 is 19.4 Å². The fourth-order valence-corrected chi connectivity index (χ4v) is 2.81. The van der Waals surface area contributed by atoms with Gasteiger partial charge in [-0.3, -0.25) is 14.2 Å². The molecule has 0 saturated heterocycles. The second-order valence-corrected chi connectivity index (χ2v) is 6.15. The van der Waals surface area contributed by atoms with E-state index in [9.17, 15) is 19.5 Å². The standard InChI is InChI=1S/C14H17N3O5S/c1-14(7-22-2,13(20)21)16-10(18)3-5-17-8-15-11-9(12(17)19)4-6-23-11/h4,6,8H,3,5,7H2,1-2H3,(H,16,18)(H,20,21). The molecule has 124 valence electrons. The van der Waals surface area contributed by atoms with Gasteiger partial charge in [-0.25, -0.2) is 9.78 Å². The first-order valence-corrected chi connectivity index (χ1v) is 7.71. The van der Waals surface area contributed by atoms with E-state index in [1.165, 1.54) is 36.3 Å². The predicted molar refractivity (Wildman–Crippen MR) is 84.6 cm³/mol. The number of amides is 1. The first-order chi connectivity index (χ1) is 10.9. The molecule has 0 bridgehead atoms. The summed E-state index contributed by atoms with van der Waals surface area (Å²) in [7, 11) is 1.36. The van der Waals surface area contributed by atoms with E-state index in [0.29, 0.717) is 10.2 Å². The summed E-state index contributed by atoms with van der Waals surface area (Å²) in [5.74, 6) is -1.67. The van der Waals surface area contributed by atoms with Crippen LogP contribution in [-0.2, 0) is 20.9 Å². The maximum Gasteiger partial charge on any atom is 0.331 e. The van der Waals surface area contributed by atoms with Crippen LogP contribution in [0, 0.1) is 0 Å². The maximum atomic E-state index is 12.2. The molecule has 0 aliphatic heterocycles. The Kier molecular flexibility index (Phi) is 5.12. The van der Waals surface area contributed by atoms with Crippen molar-refractivity contribution in [3.63, 3.8) is 0 Å². The van der Waals surface area contributed by atoms with E-state index in [-0.39, 0.29) is 25.1 Å². The zero-order chi connectivity index (χ0) is 17.0. The van der Waals surface area contributed by atoms with E-state index >= 15 is 0 Å². The van der Waals surface area contributed by atoms with Crippen molar-refractivity contribution in [2.45, 2.75) is 25.4 Å². The van der Waals surface area contributed by atoms with Gasteiger partial charge in [0.05, 0.1) is 18.3 Å². The Morgan fingerprint density at radius 2 is 2.26 bits per heavy atom. The van der Waals surface area contributed by atoms with Crippen molar-refractivity contribution in [3.05, 3.63) is 28.1 Å². The molecule has 0 aliphatic rings. The van der Waals surface area contributed by atoms with Gasteiger partial charge in [0.2, 0.25) is 5.91 Å². The molecular formula is C14H17N3O5S. The molecule has 1 amide bonds. The van der Waals surface area contributed by atoms with Gasteiger partial charge in [-0.2, -0.15) is 0 Å². The number of fused-ring (bicyclic) bond motifs is 1. The summed E-state index contributed by atoms with van der Waals surface area (Å²) >= 11 is 1.37. The number of hydrogen-bond acceptors (Lipinski definition) is 6. The van der Waals surface area contributed by atoms with Gasteiger partial charge < -0.3 is 15.2 Å². The Hall–Kier alpha value is -2.26. The minimum Gasteiger partial charge on any atom is -0.479 e.